The molecule has 22 heavy (non-hydrogen) atoms. The third-order valence-corrected chi connectivity index (χ3v) is 4.05. The Morgan fingerprint density at radius 3 is 2.73 bits per heavy atom. The number of carbonyl (C=O) groups is 1. The van der Waals surface area contributed by atoms with Crippen LogP contribution in [0.1, 0.15) is 29.8 Å². The lowest BCUT2D eigenvalue weighted by Gasteiger charge is -2.10. The van der Waals surface area contributed by atoms with E-state index in [0.29, 0.717) is 13.2 Å². The maximum atomic E-state index is 12.4. The van der Waals surface area contributed by atoms with Crippen LogP contribution in [-0.2, 0) is 6.54 Å². The maximum absolute atomic E-state index is 12.4. The number of rotatable bonds is 7. The summed E-state index contributed by atoms with van der Waals surface area (Å²) in [6, 6.07) is 15.5. The van der Waals surface area contributed by atoms with Crippen LogP contribution in [-0.4, -0.2) is 18.3 Å². The molecule has 4 heteroatoms. The Labute approximate surface area is 136 Å². The highest BCUT2D eigenvalue weighted by Gasteiger charge is 2.10. The second kappa shape index (κ2) is 8.49. The molecule has 0 aliphatic rings. The Morgan fingerprint density at radius 2 is 1.95 bits per heavy atom. The molecule has 0 unspecified atom stereocenters. The lowest BCUT2D eigenvalue weighted by atomic mass is 10.2. The topological polar surface area (TPSA) is 38.3 Å². The first-order valence-electron chi connectivity index (χ1n) is 7.46. The first kappa shape index (κ1) is 16.4. The molecule has 116 valence electrons. The van der Waals surface area contributed by atoms with E-state index in [4.69, 9.17) is 4.74 Å². The van der Waals surface area contributed by atoms with Gasteiger partial charge in [0.05, 0.1) is 12.2 Å². The standard InChI is InChI=1S/C18H21NO2S/c1-3-21-15-9-7-8-14(12-15)13-19-18(20)16-10-5-6-11-17(16)22-4-2/h5-12H,3-4,13H2,1-2H3,(H,19,20). The van der Waals surface area contributed by atoms with Gasteiger partial charge in [-0.15, -0.1) is 11.8 Å². The molecule has 0 saturated heterocycles. The molecule has 3 nitrogen and oxygen atoms in total. The predicted molar refractivity (Wildman–Crippen MR) is 91.6 cm³/mol. The molecule has 1 amide bonds. The highest BCUT2D eigenvalue weighted by atomic mass is 32.2. The van der Waals surface area contributed by atoms with E-state index in [9.17, 15) is 4.79 Å². The number of nitrogens with one attached hydrogen (secondary N) is 1. The summed E-state index contributed by atoms with van der Waals surface area (Å²) in [5.74, 6) is 1.73. The predicted octanol–water partition coefficient (Wildman–Crippen LogP) is 4.13. The Morgan fingerprint density at radius 1 is 1.14 bits per heavy atom. The number of benzene rings is 2. The Bertz CT molecular complexity index is 628. The molecule has 0 heterocycles. The van der Waals surface area contributed by atoms with Gasteiger partial charge >= 0.3 is 0 Å². The van der Waals surface area contributed by atoms with Gasteiger partial charge in [0.25, 0.3) is 5.91 Å². The quantitative estimate of drug-likeness (QED) is 0.781. The second-order valence-corrected chi connectivity index (χ2v) is 6.00. The summed E-state index contributed by atoms with van der Waals surface area (Å²) < 4.78 is 5.47. The van der Waals surface area contributed by atoms with Crippen molar-refractivity contribution < 1.29 is 9.53 Å². The summed E-state index contributed by atoms with van der Waals surface area (Å²) in [5.41, 5.74) is 1.76. The fraction of sp³-hybridized carbons (Fsp3) is 0.278. The van der Waals surface area contributed by atoms with Crippen molar-refractivity contribution in [2.75, 3.05) is 12.4 Å². The number of ether oxygens (including phenoxy) is 1. The lowest BCUT2D eigenvalue weighted by Crippen LogP contribution is -2.23. The van der Waals surface area contributed by atoms with Crippen molar-refractivity contribution >= 4 is 17.7 Å². The van der Waals surface area contributed by atoms with E-state index in [1.807, 2.05) is 55.5 Å². The van der Waals surface area contributed by atoms with Crippen molar-refractivity contribution in [2.45, 2.75) is 25.3 Å². The zero-order valence-corrected chi connectivity index (χ0v) is 13.8. The van der Waals surface area contributed by atoms with E-state index in [1.165, 1.54) is 0 Å². The summed E-state index contributed by atoms with van der Waals surface area (Å²) in [4.78, 5) is 13.4. The molecule has 0 fully saturated rings. The van der Waals surface area contributed by atoms with E-state index in [1.54, 1.807) is 11.8 Å². The van der Waals surface area contributed by atoms with Crippen LogP contribution >= 0.6 is 11.8 Å². The van der Waals surface area contributed by atoms with Crippen molar-refractivity contribution in [1.29, 1.82) is 0 Å². The van der Waals surface area contributed by atoms with Crippen LogP contribution in [0, 0.1) is 0 Å². The molecule has 0 aliphatic carbocycles. The first-order chi connectivity index (χ1) is 10.7. The van der Waals surface area contributed by atoms with Gasteiger partial charge in [0.15, 0.2) is 0 Å². The molecule has 1 N–H and O–H groups in total. The van der Waals surface area contributed by atoms with Crippen molar-refractivity contribution in [2.24, 2.45) is 0 Å². The van der Waals surface area contributed by atoms with Crippen LogP contribution in [0.5, 0.6) is 5.75 Å². The summed E-state index contributed by atoms with van der Waals surface area (Å²) in [6.07, 6.45) is 0. The van der Waals surface area contributed by atoms with Crippen molar-refractivity contribution in [1.82, 2.24) is 5.32 Å². The minimum atomic E-state index is -0.0432. The van der Waals surface area contributed by atoms with Gasteiger partial charge in [0.1, 0.15) is 5.75 Å². The van der Waals surface area contributed by atoms with E-state index in [2.05, 4.69) is 12.2 Å². The van der Waals surface area contributed by atoms with Crippen molar-refractivity contribution in [3.05, 3.63) is 59.7 Å². The highest BCUT2D eigenvalue weighted by Crippen LogP contribution is 2.22. The van der Waals surface area contributed by atoms with Gasteiger partial charge < -0.3 is 10.1 Å². The van der Waals surface area contributed by atoms with Gasteiger partial charge in [-0.1, -0.05) is 31.2 Å². The van der Waals surface area contributed by atoms with Crippen molar-refractivity contribution in [3.8, 4) is 5.75 Å². The molecule has 2 rings (SSSR count). The minimum absolute atomic E-state index is 0.0432. The molecule has 0 spiro atoms. The SMILES string of the molecule is CCOc1cccc(CNC(=O)c2ccccc2SCC)c1. The molecule has 0 atom stereocenters. The fourth-order valence-electron chi connectivity index (χ4n) is 2.13. The molecule has 0 radical (unpaired) electrons. The largest absolute Gasteiger partial charge is 0.494 e. The summed E-state index contributed by atoms with van der Waals surface area (Å²) in [7, 11) is 0. The molecule has 0 saturated carbocycles. The zero-order chi connectivity index (χ0) is 15.8. The molecule has 0 bridgehead atoms. The third-order valence-electron chi connectivity index (χ3n) is 3.09. The monoisotopic (exact) mass is 315 g/mol. The number of hydrogen-bond acceptors (Lipinski definition) is 3. The average molecular weight is 315 g/mol. The van der Waals surface area contributed by atoms with E-state index >= 15 is 0 Å². The van der Waals surface area contributed by atoms with Crippen LogP contribution in [0.3, 0.4) is 0 Å². The number of carbonyl (C=O) groups excluding carboxylic acids is 1. The highest BCUT2D eigenvalue weighted by molar-refractivity contribution is 7.99. The second-order valence-electron chi connectivity index (χ2n) is 4.69. The average Bonchev–Trinajstić information content (AvgIpc) is 2.54. The van der Waals surface area contributed by atoms with Crippen LogP contribution in [0.25, 0.3) is 0 Å². The Kier molecular flexibility index (Phi) is 6.34. The van der Waals surface area contributed by atoms with Gasteiger partial charge in [-0.05, 0) is 42.5 Å². The molecule has 0 aliphatic heterocycles. The van der Waals surface area contributed by atoms with Crippen LogP contribution in [0.15, 0.2) is 53.4 Å². The van der Waals surface area contributed by atoms with Gasteiger partial charge in [-0.3, -0.25) is 4.79 Å². The van der Waals surface area contributed by atoms with Gasteiger partial charge in [0.2, 0.25) is 0 Å². The van der Waals surface area contributed by atoms with Crippen LogP contribution in [0.4, 0.5) is 0 Å². The summed E-state index contributed by atoms with van der Waals surface area (Å²) in [5, 5.41) is 2.98. The Hall–Kier alpha value is -1.94. The summed E-state index contributed by atoms with van der Waals surface area (Å²) >= 11 is 1.68. The van der Waals surface area contributed by atoms with Gasteiger partial charge in [0, 0.05) is 11.4 Å². The Balaban J connectivity index is 2.02. The molecular weight excluding hydrogens is 294 g/mol. The normalized spacial score (nSPS) is 10.3. The van der Waals surface area contributed by atoms with E-state index < -0.39 is 0 Å². The fourth-order valence-corrected chi connectivity index (χ4v) is 2.93. The molecule has 2 aromatic carbocycles. The first-order valence-corrected chi connectivity index (χ1v) is 8.45. The number of hydrogen-bond donors (Lipinski definition) is 1. The van der Waals surface area contributed by atoms with Gasteiger partial charge in [-0.2, -0.15) is 0 Å². The third kappa shape index (κ3) is 4.53. The zero-order valence-electron chi connectivity index (χ0n) is 13.0. The molecular formula is C18H21NO2S. The minimum Gasteiger partial charge on any atom is -0.494 e. The number of thioether (sulfide) groups is 1. The molecule has 2 aromatic rings. The van der Waals surface area contributed by atoms with Crippen LogP contribution in [0.2, 0.25) is 0 Å². The van der Waals surface area contributed by atoms with Crippen molar-refractivity contribution in [3.63, 3.8) is 0 Å². The maximum Gasteiger partial charge on any atom is 0.252 e. The van der Waals surface area contributed by atoms with E-state index in [-0.39, 0.29) is 5.91 Å². The van der Waals surface area contributed by atoms with Gasteiger partial charge in [-0.25, -0.2) is 0 Å². The van der Waals surface area contributed by atoms with Crippen LogP contribution < -0.4 is 10.1 Å². The lowest BCUT2D eigenvalue weighted by molar-refractivity contribution is 0.0948. The summed E-state index contributed by atoms with van der Waals surface area (Å²) in [6.45, 7) is 5.16. The number of amides is 1. The smallest absolute Gasteiger partial charge is 0.252 e. The molecule has 0 aromatic heterocycles. The van der Waals surface area contributed by atoms with E-state index in [0.717, 1.165) is 27.5 Å².